The van der Waals surface area contributed by atoms with E-state index in [1.807, 2.05) is 6.92 Å². The lowest BCUT2D eigenvalue weighted by Gasteiger charge is -2.20. The Labute approximate surface area is 97.6 Å². The summed E-state index contributed by atoms with van der Waals surface area (Å²) in [5.41, 5.74) is 6.74. The molecule has 5 heteroatoms. The van der Waals surface area contributed by atoms with Crippen molar-refractivity contribution in [3.05, 3.63) is 29.8 Å². The smallest absolute Gasteiger partial charge is 0.406 e. The summed E-state index contributed by atoms with van der Waals surface area (Å²) in [6.45, 7) is 2.04. The van der Waals surface area contributed by atoms with Crippen LogP contribution in [0.5, 0.6) is 5.75 Å². The minimum atomic E-state index is -4.66. The lowest BCUT2D eigenvalue weighted by atomic mass is 9.93. The molecule has 0 amide bonds. The van der Waals surface area contributed by atoms with Crippen LogP contribution >= 0.6 is 0 Å². The molecule has 17 heavy (non-hydrogen) atoms. The van der Waals surface area contributed by atoms with Crippen LogP contribution in [0.25, 0.3) is 0 Å². The summed E-state index contributed by atoms with van der Waals surface area (Å²) in [5.74, 6) is -0.213. The summed E-state index contributed by atoms with van der Waals surface area (Å²) in [4.78, 5) is 0. The first-order valence-corrected chi connectivity index (χ1v) is 5.41. The van der Waals surface area contributed by atoms with Crippen LogP contribution < -0.4 is 10.5 Å². The molecule has 0 spiro atoms. The van der Waals surface area contributed by atoms with Gasteiger partial charge in [-0.15, -0.1) is 13.2 Å². The SMILES string of the molecule is CC1(C(N)c2cccc(OC(F)(F)F)c2)CC1. The van der Waals surface area contributed by atoms with Gasteiger partial charge in [0.2, 0.25) is 0 Å². The van der Waals surface area contributed by atoms with E-state index in [1.54, 1.807) is 6.07 Å². The van der Waals surface area contributed by atoms with Gasteiger partial charge in [0.05, 0.1) is 0 Å². The summed E-state index contributed by atoms with van der Waals surface area (Å²) >= 11 is 0. The number of alkyl halides is 3. The van der Waals surface area contributed by atoms with E-state index in [0.29, 0.717) is 5.56 Å². The highest BCUT2D eigenvalue weighted by Crippen LogP contribution is 2.53. The van der Waals surface area contributed by atoms with Crippen molar-refractivity contribution in [3.63, 3.8) is 0 Å². The van der Waals surface area contributed by atoms with E-state index in [1.165, 1.54) is 18.2 Å². The van der Waals surface area contributed by atoms with Gasteiger partial charge < -0.3 is 10.5 Å². The predicted molar refractivity (Wildman–Crippen MR) is 57.4 cm³/mol. The molecule has 0 heterocycles. The van der Waals surface area contributed by atoms with Crippen LogP contribution in [0, 0.1) is 5.41 Å². The maximum absolute atomic E-state index is 12.1. The normalized spacial score (nSPS) is 19.8. The second kappa shape index (κ2) is 3.91. The number of nitrogens with two attached hydrogens (primary N) is 1. The van der Waals surface area contributed by atoms with Crippen molar-refractivity contribution >= 4 is 0 Å². The highest BCUT2D eigenvalue weighted by atomic mass is 19.4. The van der Waals surface area contributed by atoms with Gasteiger partial charge in [0.1, 0.15) is 5.75 Å². The molecular weight excluding hydrogens is 231 g/mol. The average molecular weight is 245 g/mol. The second-order valence-electron chi connectivity index (χ2n) is 4.75. The zero-order chi connectivity index (χ0) is 12.7. The summed E-state index contributed by atoms with van der Waals surface area (Å²) in [5, 5.41) is 0. The number of rotatable bonds is 3. The van der Waals surface area contributed by atoms with Gasteiger partial charge >= 0.3 is 6.36 Å². The molecule has 0 radical (unpaired) electrons. The van der Waals surface area contributed by atoms with Crippen molar-refractivity contribution in [2.75, 3.05) is 0 Å². The zero-order valence-electron chi connectivity index (χ0n) is 9.42. The number of ether oxygens (including phenoxy) is 1. The molecule has 0 saturated heterocycles. The van der Waals surface area contributed by atoms with Crippen LogP contribution in [-0.4, -0.2) is 6.36 Å². The van der Waals surface area contributed by atoms with Crippen LogP contribution in [0.4, 0.5) is 13.2 Å². The van der Waals surface area contributed by atoms with E-state index in [2.05, 4.69) is 4.74 Å². The van der Waals surface area contributed by atoms with E-state index < -0.39 is 6.36 Å². The number of halogens is 3. The Morgan fingerprint density at radius 1 is 1.35 bits per heavy atom. The molecule has 1 aliphatic carbocycles. The Bertz CT molecular complexity index is 412. The largest absolute Gasteiger partial charge is 0.573 e. The molecule has 1 atom stereocenters. The van der Waals surface area contributed by atoms with Crippen LogP contribution in [0.3, 0.4) is 0 Å². The van der Waals surface area contributed by atoms with E-state index in [0.717, 1.165) is 12.8 Å². The van der Waals surface area contributed by atoms with Gasteiger partial charge in [0, 0.05) is 6.04 Å². The monoisotopic (exact) mass is 245 g/mol. The molecule has 1 aliphatic rings. The predicted octanol–water partition coefficient (Wildman–Crippen LogP) is 3.39. The molecule has 94 valence electrons. The summed E-state index contributed by atoms with van der Waals surface area (Å²) < 4.78 is 40.1. The summed E-state index contributed by atoms with van der Waals surface area (Å²) in [6, 6.07) is 5.67. The third-order valence-corrected chi connectivity index (χ3v) is 3.24. The molecule has 0 bridgehead atoms. The van der Waals surface area contributed by atoms with Gasteiger partial charge in [-0.2, -0.15) is 0 Å². The third-order valence-electron chi connectivity index (χ3n) is 3.24. The fraction of sp³-hybridized carbons (Fsp3) is 0.500. The molecule has 0 aliphatic heterocycles. The van der Waals surface area contributed by atoms with Gasteiger partial charge in [-0.3, -0.25) is 0 Å². The maximum atomic E-state index is 12.1. The minimum absolute atomic E-state index is 0.0247. The summed E-state index contributed by atoms with van der Waals surface area (Å²) in [6.07, 6.45) is -2.64. The van der Waals surface area contributed by atoms with Crippen molar-refractivity contribution in [2.45, 2.75) is 32.2 Å². The molecule has 2 N–H and O–H groups in total. The number of hydrogen-bond donors (Lipinski definition) is 1. The summed E-state index contributed by atoms with van der Waals surface area (Å²) in [7, 11) is 0. The Balaban J connectivity index is 2.17. The van der Waals surface area contributed by atoms with E-state index in [9.17, 15) is 13.2 Å². The Morgan fingerprint density at radius 3 is 2.53 bits per heavy atom. The van der Waals surface area contributed by atoms with Crippen molar-refractivity contribution in [2.24, 2.45) is 11.1 Å². The second-order valence-corrected chi connectivity index (χ2v) is 4.75. The van der Waals surface area contributed by atoms with Crippen LogP contribution in [-0.2, 0) is 0 Å². The van der Waals surface area contributed by atoms with Crippen molar-refractivity contribution in [1.29, 1.82) is 0 Å². The molecule has 0 aromatic heterocycles. The molecule has 1 saturated carbocycles. The quantitative estimate of drug-likeness (QED) is 0.885. The zero-order valence-corrected chi connectivity index (χ0v) is 9.42. The van der Waals surface area contributed by atoms with Crippen LogP contribution in [0.1, 0.15) is 31.4 Å². The topological polar surface area (TPSA) is 35.2 Å². The van der Waals surface area contributed by atoms with Gasteiger partial charge in [-0.1, -0.05) is 19.1 Å². The van der Waals surface area contributed by atoms with Gasteiger partial charge in [0.25, 0.3) is 0 Å². The van der Waals surface area contributed by atoms with Gasteiger partial charge in [-0.05, 0) is 36.0 Å². The molecule has 2 nitrogen and oxygen atoms in total. The lowest BCUT2D eigenvalue weighted by molar-refractivity contribution is -0.274. The Kier molecular flexibility index (Phi) is 2.81. The molecule has 1 unspecified atom stereocenters. The van der Waals surface area contributed by atoms with Crippen molar-refractivity contribution in [1.82, 2.24) is 0 Å². The third kappa shape index (κ3) is 2.91. The molecular formula is C12H14F3NO. The molecule has 1 aromatic carbocycles. The number of benzene rings is 1. The van der Waals surface area contributed by atoms with Crippen molar-refractivity contribution < 1.29 is 17.9 Å². The fourth-order valence-electron chi connectivity index (χ4n) is 1.82. The Hall–Kier alpha value is -1.23. The molecule has 2 rings (SSSR count). The van der Waals surface area contributed by atoms with Gasteiger partial charge in [-0.25, -0.2) is 0 Å². The van der Waals surface area contributed by atoms with E-state index in [-0.39, 0.29) is 17.2 Å². The number of hydrogen-bond acceptors (Lipinski definition) is 2. The fourth-order valence-corrected chi connectivity index (χ4v) is 1.82. The first kappa shape index (κ1) is 12.2. The standard InChI is InChI=1S/C12H14F3NO/c1-11(5-6-11)10(16)8-3-2-4-9(7-8)17-12(13,14)15/h2-4,7,10H,5-6,16H2,1H3. The van der Waals surface area contributed by atoms with Gasteiger partial charge in [0.15, 0.2) is 0 Å². The maximum Gasteiger partial charge on any atom is 0.573 e. The van der Waals surface area contributed by atoms with E-state index >= 15 is 0 Å². The first-order valence-electron chi connectivity index (χ1n) is 5.41. The highest BCUT2D eigenvalue weighted by Gasteiger charge is 2.43. The molecule has 1 aromatic rings. The highest BCUT2D eigenvalue weighted by molar-refractivity contribution is 5.32. The minimum Gasteiger partial charge on any atom is -0.406 e. The van der Waals surface area contributed by atoms with Crippen LogP contribution in [0.15, 0.2) is 24.3 Å². The van der Waals surface area contributed by atoms with Crippen LogP contribution in [0.2, 0.25) is 0 Å². The Morgan fingerprint density at radius 2 is 2.00 bits per heavy atom. The van der Waals surface area contributed by atoms with Crippen molar-refractivity contribution in [3.8, 4) is 5.75 Å². The average Bonchev–Trinajstić information content (AvgIpc) is 2.94. The first-order chi connectivity index (χ1) is 7.80. The molecule has 1 fully saturated rings. The lowest BCUT2D eigenvalue weighted by Crippen LogP contribution is -2.21. The van der Waals surface area contributed by atoms with E-state index in [4.69, 9.17) is 5.73 Å².